The molecule has 0 saturated heterocycles. The third kappa shape index (κ3) is 4.28. The summed E-state index contributed by atoms with van der Waals surface area (Å²) in [5, 5.41) is 2.28. The first-order valence-corrected chi connectivity index (χ1v) is 10.4. The molecular weight excluding hydrogens is 379 g/mol. The van der Waals surface area contributed by atoms with Gasteiger partial charge in [-0.1, -0.05) is 60.7 Å². The second-order valence-corrected chi connectivity index (χ2v) is 8.91. The van der Waals surface area contributed by atoms with Crippen LogP contribution in [-0.4, -0.2) is 11.9 Å². The monoisotopic (exact) mass is 394 g/mol. The van der Waals surface area contributed by atoms with E-state index in [4.69, 9.17) is 0 Å². The number of benzene rings is 3. The summed E-state index contributed by atoms with van der Waals surface area (Å²) < 4.78 is 54.3. The van der Waals surface area contributed by atoms with Gasteiger partial charge in [0.15, 0.2) is 23.3 Å². The van der Waals surface area contributed by atoms with Crippen molar-refractivity contribution in [3.8, 4) is 0 Å². The van der Waals surface area contributed by atoms with Gasteiger partial charge in [0.05, 0.1) is 4.90 Å². The summed E-state index contributed by atoms with van der Waals surface area (Å²) in [6, 6.07) is 20.0. The maximum atomic E-state index is 13.8. The van der Waals surface area contributed by atoms with Gasteiger partial charge >= 0.3 is 0 Å². The molecule has 134 valence electrons. The van der Waals surface area contributed by atoms with Crippen LogP contribution in [0.2, 0.25) is 0 Å². The molecule has 0 aliphatic heterocycles. The molecule has 6 heteroatoms. The zero-order chi connectivity index (χ0) is 18.5. The Kier molecular flexibility index (Phi) is 6.33. The largest absolute Gasteiger partial charge is 0.204 e. The first kappa shape index (κ1) is 18.9. The highest BCUT2D eigenvalue weighted by Crippen LogP contribution is 2.36. The van der Waals surface area contributed by atoms with Gasteiger partial charge < -0.3 is 0 Å². The Labute approximate surface area is 155 Å². The maximum absolute atomic E-state index is 13.8. The second-order valence-electron chi connectivity index (χ2n) is 5.47. The lowest BCUT2D eigenvalue weighted by molar-refractivity contribution is 0.426. The van der Waals surface area contributed by atoms with Crippen LogP contribution in [0.5, 0.6) is 0 Å². The molecule has 0 aliphatic carbocycles. The van der Waals surface area contributed by atoms with Gasteiger partial charge in [-0.3, -0.25) is 0 Å². The van der Waals surface area contributed by atoms with Crippen LogP contribution in [0.4, 0.5) is 17.6 Å². The van der Waals surface area contributed by atoms with Crippen molar-refractivity contribution in [2.24, 2.45) is 0 Å². The molecule has 0 fully saturated rings. The van der Waals surface area contributed by atoms with E-state index < -0.39 is 36.1 Å². The third-order valence-corrected chi connectivity index (χ3v) is 7.64. The van der Waals surface area contributed by atoms with E-state index in [2.05, 4.69) is 0 Å². The quantitative estimate of drug-likeness (QED) is 0.231. The molecule has 0 N–H and O–H groups in total. The lowest BCUT2D eigenvalue weighted by Crippen LogP contribution is -2.15. The van der Waals surface area contributed by atoms with Crippen molar-refractivity contribution in [3.05, 3.63) is 90.0 Å². The van der Waals surface area contributed by atoms with Crippen molar-refractivity contribution in [3.63, 3.8) is 0 Å². The van der Waals surface area contributed by atoms with Gasteiger partial charge in [0, 0.05) is 11.8 Å². The molecule has 0 aromatic heterocycles. The van der Waals surface area contributed by atoms with Crippen molar-refractivity contribution < 1.29 is 17.6 Å². The summed E-state index contributed by atoms with van der Waals surface area (Å²) in [6.45, 7) is 0. The molecule has 0 aliphatic rings. The predicted molar refractivity (Wildman–Crippen MR) is 101 cm³/mol. The average Bonchev–Trinajstić information content (AvgIpc) is 2.67. The summed E-state index contributed by atoms with van der Waals surface area (Å²) in [7, 11) is -0.735. The SMILES string of the molecule is Fc1cc(F)c(F)c(SCCP(c2ccccc2)c2ccccc2)c1F. The lowest BCUT2D eigenvalue weighted by atomic mass is 10.3. The lowest BCUT2D eigenvalue weighted by Gasteiger charge is -2.18. The molecule has 0 unspecified atom stereocenters. The molecule has 3 aromatic carbocycles. The van der Waals surface area contributed by atoms with E-state index in [-0.39, 0.29) is 6.07 Å². The van der Waals surface area contributed by atoms with Gasteiger partial charge in [0.2, 0.25) is 0 Å². The number of halogens is 4. The zero-order valence-corrected chi connectivity index (χ0v) is 15.3. The van der Waals surface area contributed by atoms with Crippen LogP contribution in [0.15, 0.2) is 71.6 Å². The Bertz CT molecular complexity index is 806. The standard InChI is InChI=1S/C20H15F4PS/c21-16-13-17(22)19(24)20(18(16)23)26-12-11-25(14-7-3-1-4-8-14)15-9-5-2-6-10-15/h1-10,13H,11-12H2. The minimum atomic E-state index is -1.38. The Morgan fingerprint density at radius 2 is 1.15 bits per heavy atom. The second kappa shape index (κ2) is 8.70. The first-order chi connectivity index (χ1) is 12.6. The predicted octanol–water partition coefficient (Wildman–Crippen LogP) is 5.47. The summed E-state index contributed by atoms with van der Waals surface area (Å²) in [5.74, 6) is -5.08. The smallest absolute Gasteiger partial charge is 0.175 e. The Hall–Kier alpha value is -1.84. The molecule has 0 heterocycles. The minimum absolute atomic E-state index is 0.232. The highest BCUT2D eigenvalue weighted by molar-refractivity contribution is 7.99. The number of hydrogen-bond acceptors (Lipinski definition) is 1. The van der Waals surface area contributed by atoms with Gasteiger partial charge in [-0.05, 0) is 24.7 Å². The molecular formula is C20H15F4PS. The van der Waals surface area contributed by atoms with E-state index in [0.29, 0.717) is 11.9 Å². The first-order valence-electron chi connectivity index (χ1n) is 7.91. The van der Waals surface area contributed by atoms with Crippen molar-refractivity contribution >= 4 is 30.3 Å². The fraction of sp³-hybridized carbons (Fsp3) is 0.100. The Morgan fingerprint density at radius 3 is 1.62 bits per heavy atom. The topological polar surface area (TPSA) is 0 Å². The molecule has 3 rings (SSSR count). The Morgan fingerprint density at radius 1 is 0.692 bits per heavy atom. The van der Waals surface area contributed by atoms with Gasteiger partial charge in [-0.2, -0.15) is 0 Å². The van der Waals surface area contributed by atoms with Crippen LogP contribution >= 0.6 is 19.7 Å². The van der Waals surface area contributed by atoms with E-state index in [0.717, 1.165) is 22.4 Å². The fourth-order valence-corrected chi connectivity index (χ4v) is 6.17. The van der Waals surface area contributed by atoms with Crippen molar-refractivity contribution in [2.45, 2.75) is 4.90 Å². The van der Waals surface area contributed by atoms with Crippen LogP contribution in [0.1, 0.15) is 0 Å². The molecule has 26 heavy (non-hydrogen) atoms. The number of thioether (sulfide) groups is 1. The zero-order valence-electron chi connectivity index (χ0n) is 13.6. The van der Waals surface area contributed by atoms with Crippen LogP contribution in [-0.2, 0) is 0 Å². The van der Waals surface area contributed by atoms with Crippen molar-refractivity contribution in [1.82, 2.24) is 0 Å². The minimum Gasteiger partial charge on any atom is -0.204 e. The van der Waals surface area contributed by atoms with E-state index in [1.54, 1.807) is 0 Å². The molecule has 0 atom stereocenters. The summed E-state index contributed by atoms with van der Waals surface area (Å²) in [6.07, 6.45) is 0.630. The van der Waals surface area contributed by atoms with E-state index in [1.807, 2.05) is 60.7 Å². The van der Waals surface area contributed by atoms with Crippen LogP contribution in [0.25, 0.3) is 0 Å². The summed E-state index contributed by atoms with van der Waals surface area (Å²) in [5.41, 5.74) is 0. The highest BCUT2D eigenvalue weighted by Gasteiger charge is 2.20. The maximum Gasteiger partial charge on any atom is 0.175 e. The van der Waals surface area contributed by atoms with E-state index >= 15 is 0 Å². The van der Waals surface area contributed by atoms with Gasteiger partial charge in [-0.15, -0.1) is 11.8 Å². The fourth-order valence-electron chi connectivity index (χ4n) is 2.54. The Balaban J connectivity index is 1.80. The molecule has 0 saturated carbocycles. The van der Waals surface area contributed by atoms with Crippen LogP contribution < -0.4 is 10.6 Å². The molecule has 0 nitrogen and oxygen atoms in total. The molecule has 0 bridgehead atoms. The van der Waals surface area contributed by atoms with Crippen LogP contribution in [0, 0.1) is 23.3 Å². The molecule has 0 radical (unpaired) electrons. The van der Waals surface area contributed by atoms with Gasteiger partial charge in [0.1, 0.15) is 0 Å². The number of hydrogen-bond donors (Lipinski definition) is 0. The molecule has 3 aromatic rings. The normalized spacial score (nSPS) is 11.1. The van der Waals surface area contributed by atoms with E-state index in [1.165, 1.54) is 0 Å². The van der Waals surface area contributed by atoms with Crippen LogP contribution in [0.3, 0.4) is 0 Å². The van der Waals surface area contributed by atoms with E-state index in [9.17, 15) is 17.6 Å². The summed E-state index contributed by atoms with van der Waals surface area (Å²) in [4.78, 5) is -0.599. The van der Waals surface area contributed by atoms with Gasteiger partial charge in [-0.25, -0.2) is 17.6 Å². The summed E-state index contributed by atoms with van der Waals surface area (Å²) >= 11 is 0.806. The average molecular weight is 394 g/mol. The number of rotatable bonds is 6. The van der Waals surface area contributed by atoms with Crippen molar-refractivity contribution in [1.29, 1.82) is 0 Å². The highest BCUT2D eigenvalue weighted by atomic mass is 32.2. The molecule has 0 amide bonds. The third-order valence-electron chi connectivity index (χ3n) is 3.77. The van der Waals surface area contributed by atoms with Gasteiger partial charge in [0.25, 0.3) is 0 Å². The molecule has 0 spiro atoms. The van der Waals surface area contributed by atoms with Crippen molar-refractivity contribution in [2.75, 3.05) is 11.9 Å².